The number of anilines is 1. The molecule has 0 saturated heterocycles. The average molecular weight is 352 g/mol. The highest BCUT2D eigenvalue weighted by molar-refractivity contribution is 5.92. The van der Waals surface area contributed by atoms with Crippen molar-refractivity contribution >= 4 is 22.5 Å². The number of aromatic amines is 1. The molecule has 0 bridgehead atoms. The van der Waals surface area contributed by atoms with Gasteiger partial charge in [0.1, 0.15) is 0 Å². The molecule has 0 fully saturated rings. The first-order valence-electron chi connectivity index (χ1n) is 8.70. The molecule has 2 aromatic carbocycles. The van der Waals surface area contributed by atoms with E-state index in [2.05, 4.69) is 22.4 Å². The highest BCUT2D eigenvalue weighted by Crippen LogP contribution is 2.33. The first-order valence-corrected chi connectivity index (χ1v) is 8.70. The van der Waals surface area contributed by atoms with Crippen LogP contribution in [-0.4, -0.2) is 25.1 Å². The van der Waals surface area contributed by atoms with Crippen LogP contribution < -0.4 is 14.8 Å². The van der Waals surface area contributed by atoms with E-state index in [4.69, 9.17) is 9.47 Å². The van der Waals surface area contributed by atoms with Crippen LogP contribution in [0.2, 0.25) is 0 Å². The van der Waals surface area contributed by atoms with Crippen molar-refractivity contribution in [1.29, 1.82) is 0 Å². The molecule has 0 aliphatic heterocycles. The standard InChI is InChI=1S/C21H24N2O3/c1-14-11-19(25-2)20(26-3)12-18(14)23-21(24)10-6-7-15-13-22-17-9-5-4-8-16(15)17/h4-5,8-9,11-13,22H,6-7,10H2,1-3H3,(H,23,24). The number of carbonyl (C=O) groups excluding carboxylic acids is 1. The minimum Gasteiger partial charge on any atom is -0.493 e. The summed E-state index contributed by atoms with van der Waals surface area (Å²) in [6.45, 7) is 1.93. The van der Waals surface area contributed by atoms with E-state index < -0.39 is 0 Å². The van der Waals surface area contributed by atoms with E-state index in [1.54, 1.807) is 20.3 Å². The third-order valence-electron chi connectivity index (χ3n) is 4.53. The Hall–Kier alpha value is -2.95. The molecule has 1 aromatic heterocycles. The molecular formula is C21H24N2O3. The van der Waals surface area contributed by atoms with Crippen molar-refractivity contribution < 1.29 is 14.3 Å². The Morgan fingerprint density at radius 1 is 1.12 bits per heavy atom. The highest BCUT2D eigenvalue weighted by atomic mass is 16.5. The maximum absolute atomic E-state index is 12.3. The largest absolute Gasteiger partial charge is 0.493 e. The predicted molar refractivity (Wildman–Crippen MR) is 104 cm³/mol. The maximum atomic E-state index is 12.3. The second-order valence-electron chi connectivity index (χ2n) is 6.28. The predicted octanol–water partition coefficient (Wildman–Crippen LogP) is 4.45. The molecule has 2 N–H and O–H groups in total. The number of benzene rings is 2. The summed E-state index contributed by atoms with van der Waals surface area (Å²) in [6.07, 6.45) is 4.15. The fourth-order valence-corrected chi connectivity index (χ4v) is 3.11. The lowest BCUT2D eigenvalue weighted by molar-refractivity contribution is -0.116. The van der Waals surface area contributed by atoms with Gasteiger partial charge in [-0.3, -0.25) is 4.79 Å². The second-order valence-corrected chi connectivity index (χ2v) is 6.28. The van der Waals surface area contributed by atoms with E-state index >= 15 is 0 Å². The molecule has 0 aliphatic carbocycles. The van der Waals surface area contributed by atoms with Crippen LogP contribution in [-0.2, 0) is 11.2 Å². The lowest BCUT2D eigenvalue weighted by Gasteiger charge is -2.13. The van der Waals surface area contributed by atoms with Gasteiger partial charge in [0.05, 0.1) is 14.2 Å². The number of fused-ring (bicyclic) bond motifs is 1. The van der Waals surface area contributed by atoms with Crippen molar-refractivity contribution in [2.45, 2.75) is 26.2 Å². The molecular weight excluding hydrogens is 328 g/mol. The third kappa shape index (κ3) is 3.82. The number of para-hydroxylation sites is 1. The van der Waals surface area contributed by atoms with E-state index in [1.807, 2.05) is 31.3 Å². The van der Waals surface area contributed by atoms with Crippen molar-refractivity contribution in [3.8, 4) is 11.5 Å². The molecule has 1 amide bonds. The van der Waals surface area contributed by atoms with Crippen molar-refractivity contribution in [2.75, 3.05) is 19.5 Å². The van der Waals surface area contributed by atoms with E-state index in [1.165, 1.54) is 10.9 Å². The zero-order chi connectivity index (χ0) is 18.5. The molecule has 0 spiro atoms. The molecule has 1 heterocycles. The minimum absolute atomic E-state index is 0.000149. The molecule has 5 heteroatoms. The number of amides is 1. The number of rotatable bonds is 7. The van der Waals surface area contributed by atoms with Gasteiger partial charge in [0.25, 0.3) is 0 Å². The van der Waals surface area contributed by atoms with Crippen LogP contribution >= 0.6 is 0 Å². The second kappa shape index (κ2) is 7.95. The molecule has 26 heavy (non-hydrogen) atoms. The number of hydrogen-bond donors (Lipinski definition) is 2. The summed E-state index contributed by atoms with van der Waals surface area (Å²) >= 11 is 0. The number of aromatic nitrogens is 1. The van der Waals surface area contributed by atoms with Crippen molar-refractivity contribution in [1.82, 2.24) is 4.98 Å². The number of hydrogen-bond acceptors (Lipinski definition) is 3. The summed E-state index contributed by atoms with van der Waals surface area (Å²) in [5, 5.41) is 4.20. The normalized spacial score (nSPS) is 10.7. The summed E-state index contributed by atoms with van der Waals surface area (Å²) in [7, 11) is 3.18. The molecule has 0 radical (unpaired) electrons. The molecule has 0 unspecified atom stereocenters. The first-order chi connectivity index (χ1) is 12.6. The van der Waals surface area contributed by atoms with Gasteiger partial charge in [-0.1, -0.05) is 18.2 Å². The number of H-pyrrole nitrogens is 1. The van der Waals surface area contributed by atoms with E-state index in [0.717, 1.165) is 29.6 Å². The Morgan fingerprint density at radius 2 is 1.85 bits per heavy atom. The Kier molecular flexibility index (Phi) is 5.46. The van der Waals surface area contributed by atoms with E-state index in [0.29, 0.717) is 17.9 Å². The summed E-state index contributed by atoms with van der Waals surface area (Å²) in [6, 6.07) is 11.9. The molecule has 0 atom stereocenters. The quantitative estimate of drug-likeness (QED) is 0.660. The van der Waals surface area contributed by atoms with Gasteiger partial charge < -0.3 is 19.8 Å². The molecule has 136 valence electrons. The number of nitrogens with one attached hydrogen (secondary N) is 2. The molecule has 3 aromatic rings. The fourth-order valence-electron chi connectivity index (χ4n) is 3.11. The molecule has 0 aliphatic rings. The summed E-state index contributed by atoms with van der Waals surface area (Å²) in [5.41, 5.74) is 4.07. The zero-order valence-corrected chi connectivity index (χ0v) is 15.4. The summed E-state index contributed by atoms with van der Waals surface area (Å²) < 4.78 is 10.6. The van der Waals surface area contributed by atoms with Gasteiger partial charge >= 0.3 is 0 Å². The molecule has 0 saturated carbocycles. The fraction of sp³-hybridized carbons (Fsp3) is 0.286. The number of aryl methyl sites for hydroxylation is 2. The van der Waals surface area contributed by atoms with Crippen LogP contribution in [0, 0.1) is 6.92 Å². The Morgan fingerprint density at radius 3 is 2.62 bits per heavy atom. The highest BCUT2D eigenvalue weighted by Gasteiger charge is 2.11. The van der Waals surface area contributed by atoms with E-state index in [-0.39, 0.29) is 5.91 Å². The van der Waals surface area contributed by atoms with E-state index in [9.17, 15) is 4.79 Å². The Labute approximate surface area is 153 Å². The lowest BCUT2D eigenvalue weighted by atomic mass is 10.1. The molecule has 3 rings (SSSR count). The van der Waals surface area contributed by atoms with Gasteiger partial charge in [-0.2, -0.15) is 0 Å². The zero-order valence-electron chi connectivity index (χ0n) is 15.4. The monoisotopic (exact) mass is 352 g/mol. The first kappa shape index (κ1) is 17.9. The van der Waals surface area contributed by atoms with Crippen LogP contribution in [0.5, 0.6) is 11.5 Å². The number of methoxy groups -OCH3 is 2. The van der Waals surface area contributed by atoms with Crippen LogP contribution in [0.15, 0.2) is 42.6 Å². The Bertz CT molecular complexity index is 915. The van der Waals surface area contributed by atoms with Crippen molar-refractivity contribution in [3.63, 3.8) is 0 Å². The molecule has 5 nitrogen and oxygen atoms in total. The number of ether oxygens (including phenoxy) is 2. The van der Waals surface area contributed by atoms with Crippen LogP contribution in [0.4, 0.5) is 5.69 Å². The van der Waals surface area contributed by atoms with Crippen molar-refractivity contribution in [2.24, 2.45) is 0 Å². The lowest BCUT2D eigenvalue weighted by Crippen LogP contribution is -2.12. The topological polar surface area (TPSA) is 63.3 Å². The van der Waals surface area contributed by atoms with Crippen LogP contribution in [0.3, 0.4) is 0 Å². The minimum atomic E-state index is 0.000149. The van der Waals surface area contributed by atoms with Gasteiger partial charge in [-0.05, 0) is 43.0 Å². The van der Waals surface area contributed by atoms with Gasteiger partial charge in [-0.15, -0.1) is 0 Å². The van der Waals surface area contributed by atoms with Crippen molar-refractivity contribution in [3.05, 3.63) is 53.7 Å². The maximum Gasteiger partial charge on any atom is 0.224 e. The van der Waals surface area contributed by atoms with Crippen LogP contribution in [0.1, 0.15) is 24.0 Å². The van der Waals surface area contributed by atoms with Gasteiger partial charge in [-0.25, -0.2) is 0 Å². The average Bonchev–Trinajstić information content (AvgIpc) is 3.06. The van der Waals surface area contributed by atoms with Crippen LogP contribution in [0.25, 0.3) is 10.9 Å². The van der Waals surface area contributed by atoms with Gasteiger partial charge in [0.15, 0.2) is 11.5 Å². The third-order valence-corrected chi connectivity index (χ3v) is 4.53. The SMILES string of the molecule is COc1cc(C)c(NC(=O)CCCc2c[nH]c3ccccc23)cc1OC. The summed E-state index contributed by atoms with van der Waals surface area (Å²) in [4.78, 5) is 15.6. The van der Waals surface area contributed by atoms with Gasteiger partial charge in [0, 0.05) is 35.3 Å². The van der Waals surface area contributed by atoms with Gasteiger partial charge in [0.2, 0.25) is 5.91 Å². The summed E-state index contributed by atoms with van der Waals surface area (Å²) in [5.74, 6) is 1.26. The Balaban J connectivity index is 1.59. The number of carbonyl (C=O) groups is 1. The smallest absolute Gasteiger partial charge is 0.224 e.